The van der Waals surface area contributed by atoms with Gasteiger partial charge >= 0.3 is 0 Å². The molecule has 1 rings (SSSR count). The average molecular weight is 238 g/mol. The van der Waals surface area contributed by atoms with Crippen LogP contribution < -0.4 is 10.6 Å². The summed E-state index contributed by atoms with van der Waals surface area (Å²) in [6.45, 7) is 7.10. The van der Waals surface area contributed by atoms with Crippen molar-refractivity contribution >= 4 is 9.47 Å². The standard InChI is InChI=1S/C5H13O3P.C4H10N2/c1-6-2-3-7-4-5-8-9;1-2-6-4-3-5-1/h2-5,9H2,1H3;5-6H,1-4H2. The van der Waals surface area contributed by atoms with Crippen LogP contribution in [0.1, 0.15) is 0 Å². The Kier molecular flexibility index (Phi) is 14.4. The second kappa shape index (κ2) is 14.2. The van der Waals surface area contributed by atoms with Crippen molar-refractivity contribution in [2.75, 3.05) is 59.7 Å². The van der Waals surface area contributed by atoms with Gasteiger partial charge in [0, 0.05) is 42.8 Å². The molecule has 0 aliphatic carbocycles. The first-order valence-corrected chi connectivity index (χ1v) is 5.68. The van der Waals surface area contributed by atoms with E-state index in [-0.39, 0.29) is 0 Å². The van der Waals surface area contributed by atoms with Crippen LogP contribution in [0.3, 0.4) is 0 Å². The molecular weight excluding hydrogens is 215 g/mol. The van der Waals surface area contributed by atoms with Gasteiger partial charge in [-0.2, -0.15) is 0 Å². The van der Waals surface area contributed by atoms with Crippen LogP contribution in [0.2, 0.25) is 0 Å². The summed E-state index contributed by atoms with van der Waals surface area (Å²) >= 11 is 0. The Bertz CT molecular complexity index is 98.0. The third-order valence-electron chi connectivity index (χ3n) is 1.73. The van der Waals surface area contributed by atoms with Gasteiger partial charge in [0.25, 0.3) is 0 Å². The van der Waals surface area contributed by atoms with Crippen molar-refractivity contribution in [3.8, 4) is 0 Å². The van der Waals surface area contributed by atoms with Crippen LogP contribution in [0.5, 0.6) is 0 Å². The quantitative estimate of drug-likeness (QED) is 0.489. The maximum atomic E-state index is 5.05. The van der Waals surface area contributed by atoms with E-state index in [1.54, 1.807) is 7.11 Å². The van der Waals surface area contributed by atoms with Crippen molar-refractivity contribution in [1.29, 1.82) is 0 Å². The van der Waals surface area contributed by atoms with E-state index in [0.717, 1.165) is 26.2 Å². The van der Waals surface area contributed by atoms with Gasteiger partial charge in [0.1, 0.15) is 0 Å². The van der Waals surface area contributed by atoms with Gasteiger partial charge in [0.2, 0.25) is 0 Å². The molecule has 6 heteroatoms. The molecule has 1 aliphatic heterocycles. The smallest absolute Gasteiger partial charge is 0.0736 e. The van der Waals surface area contributed by atoms with E-state index in [2.05, 4.69) is 24.6 Å². The molecule has 0 bridgehead atoms. The lowest BCUT2D eigenvalue weighted by molar-refractivity contribution is 0.0574. The Morgan fingerprint density at radius 3 is 1.87 bits per heavy atom. The van der Waals surface area contributed by atoms with E-state index in [1.165, 1.54) is 0 Å². The summed E-state index contributed by atoms with van der Waals surface area (Å²) in [5.74, 6) is 0. The number of ether oxygens (including phenoxy) is 2. The van der Waals surface area contributed by atoms with E-state index in [1.807, 2.05) is 0 Å². The van der Waals surface area contributed by atoms with Crippen molar-refractivity contribution in [2.24, 2.45) is 0 Å². The van der Waals surface area contributed by atoms with Gasteiger partial charge in [-0.15, -0.1) is 0 Å². The molecule has 1 atom stereocenters. The van der Waals surface area contributed by atoms with Crippen molar-refractivity contribution in [3.63, 3.8) is 0 Å². The largest absolute Gasteiger partial charge is 0.382 e. The molecule has 1 saturated heterocycles. The topological polar surface area (TPSA) is 51.8 Å². The summed E-state index contributed by atoms with van der Waals surface area (Å²) in [7, 11) is 3.81. The van der Waals surface area contributed by atoms with E-state index < -0.39 is 0 Å². The molecule has 1 unspecified atom stereocenters. The van der Waals surface area contributed by atoms with Crippen molar-refractivity contribution in [2.45, 2.75) is 0 Å². The minimum Gasteiger partial charge on any atom is -0.382 e. The second-order valence-corrected chi connectivity index (χ2v) is 3.31. The first kappa shape index (κ1) is 15.2. The third-order valence-corrected chi connectivity index (χ3v) is 1.97. The zero-order valence-electron chi connectivity index (χ0n) is 9.46. The summed E-state index contributed by atoms with van der Waals surface area (Å²) in [5.41, 5.74) is 0. The zero-order chi connectivity index (χ0) is 11.2. The van der Waals surface area contributed by atoms with E-state index in [9.17, 15) is 0 Å². The Morgan fingerprint density at radius 1 is 0.933 bits per heavy atom. The van der Waals surface area contributed by atoms with Crippen LogP contribution in [-0.2, 0) is 14.0 Å². The number of piperazine rings is 1. The lowest BCUT2D eigenvalue weighted by atomic mass is 10.4. The van der Waals surface area contributed by atoms with Crippen molar-refractivity contribution in [1.82, 2.24) is 10.6 Å². The van der Waals surface area contributed by atoms with Gasteiger partial charge in [-0.3, -0.25) is 0 Å². The fourth-order valence-corrected chi connectivity index (χ4v) is 1.05. The molecular formula is C9H23N2O3P. The minimum atomic E-state index is 0.619. The first-order valence-electron chi connectivity index (χ1n) is 5.21. The monoisotopic (exact) mass is 238 g/mol. The van der Waals surface area contributed by atoms with Gasteiger partial charge in [-0.25, -0.2) is 0 Å². The van der Waals surface area contributed by atoms with Crippen LogP contribution in [-0.4, -0.2) is 59.7 Å². The number of hydrogen-bond acceptors (Lipinski definition) is 5. The molecule has 1 heterocycles. The molecule has 0 aromatic heterocycles. The fraction of sp³-hybridized carbons (Fsp3) is 1.00. The molecule has 0 radical (unpaired) electrons. The molecule has 1 aliphatic rings. The van der Waals surface area contributed by atoms with Crippen LogP contribution >= 0.6 is 9.47 Å². The predicted molar refractivity (Wildman–Crippen MR) is 64.1 cm³/mol. The third kappa shape index (κ3) is 14.2. The number of hydrogen-bond donors (Lipinski definition) is 2. The highest BCUT2D eigenvalue weighted by Gasteiger charge is 1.91. The Hall–Kier alpha value is 0.230. The SMILES string of the molecule is C1CNCCN1.COCCOCCOP. The van der Waals surface area contributed by atoms with Crippen LogP contribution in [0, 0.1) is 0 Å². The van der Waals surface area contributed by atoms with Crippen LogP contribution in [0.25, 0.3) is 0 Å². The summed E-state index contributed by atoms with van der Waals surface area (Å²) in [6.07, 6.45) is 0. The van der Waals surface area contributed by atoms with E-state index in [4.69, 9.17) is 9.47 Å². The zero-order valence-corrected chi connectivity index (χ0v) is 10.6. The molecule has 0 saturated carbocycles. The van der Waals surface area contributed by atoms with Gasteiger partial charge in [0.15, 0.2) is 0 Å². The molecule has 15 heavy (non-hydrogen) atoms. The molecule has 1 fully saturated rings. The molecule has 92 valence electrons. The maximum absolute atomic E-state index is 5.05. The van der Waals surface area contributed by atoms with Gasteiger partial charge < -0.3 is 24.6 Å². The Morgan fingerprint density at radius 2 is 1.47 bits per heavy atom. The fourth-order valence-electron chi connectivity index (χ4n) is 0.955. The molecule has 0 amide bonds. The van der Waals surface area contributed by atoms with Crippen LogP contribution in [0.15, 0.2) is 0 Å². The Balaban J connectivity index is 0.000000280. The highest BCUT2D eigenvalue weighted by Crippen LogP contribution is 1.84. The van der Waals surface area contributed by atoms with Crippen LogP contribution in [0.4, 0.5) is 0 Å². The summed E-state index contributed by atoms with van der Waals surface area (Å²) in [4.78, 5) is 0. The normalized spacial score (nSPS) is 15.6. The summed E-state index contributed by atoms with van der Waals surface area (Å²) in [5, 5.41) is 6.44. The molecule has 5 nitrogen and oxygen atoms in total. The second-order valence-electron chi connectivity index (χ2n) is 2.98. The predicted octanol–water partition coefficient (Wildman–Crippen LogP) is -0.365. The minimum absolute atomic E-state index is 0.619. The highest BCUT2D eigenvalue weighted by atomic mass is 31.0. The number of methoxy groups -OCH3 is 1. The lowest BCUT2D eigenvalue weighted by Gasteiger charge is -2.11. The van der Waals surface area contributed by atoms with E-state index in [0.29, 0.717) is 26.4 Å². The number of rotatable bonds is 6. The molecule has 2 N–H and O–H groups in total. The van der Waals surface area contributed by atoms with Crippen molar-refractivity contribution < 1.29 is 14.0 Å². The van der Waals surface area contributed by atoms with Gasteiger partial charge in [-0.1, -0.05) is 0 Å². The van der Waals surface area contributed by atoms with Gasteiger partial charge in [0.05, 0.1) is 26.4 Å². The first-order chi connectivity index (χ1) is 7.41. The summed E-state index contributed by atoms with van der Waals surface area (Å²) < 4.78 is 14.5. The Labute approximate surface area is 94.5 Å². The number of nitrogens with one attached hydrogen (secondary N) is 2. The van der Waals surface area contributed by atoms with Gasteiger partial charge in [-0.05, 0) is 0 Å². The van der Waals surface area contributed by atoms with E-state index >= 15 is 0 Å². The molecule has 0 aromatic carbocycles. The maximum Gasteiger partial charge on any atom is 0.0736 e. The lowest BCUT2D eigenvalue weighted by Crippen LogP contribution is -2.39. The summed E-state index contributed by atoms with van der Waals surface area (Å²) in [6, 6.07) is 0. The molecule has 0 aromatic rings. The molecule has 0 spiro atoms. The van der Waals surface area contributed by atoms with Crippen molar-refractivity contribution in [3.05, 3.63) is 0 Å². The highest BCUT2D eigenvalue weighted by molar-refractivity contribution is 7.09. The average Bonchev–Trinajstić information content (AvgIpc) is 2.32.